The van der Waals surface area contributed by atoms with Crippen LogP contribution in [0.25, 0.3) is 0 Å². The van der Waals surface area contributed by atoms with E-state index in [9.17, 15) is 13.2 Å². The summed E-state index contributed by atoms with van der Waals surface area (Å²) in [6.45, 7) is 0.331. The maximum Gasteiger partial charge on any atom is 0.221 e. The van der Waals surface area contributed by atoms with Crippen LogP contribution in [0.1, 0.15) is 17.5 Å². The van der Waals surface area contributed by atoms with Crippen LogP contribution in [0.3, 0.4) is 0 Å². The molecule has 2 aromatic rings. The summed E-state index contributed by atoms with van der Waals surface area (Å²) < 4.78 is 24.2. The van der Waals surface area contributed by atoms with E-state index in [1.165, 1.54) is 0 Å². The fourth-order valence-electron chi connectivity index (χ4n) is 1.96. The van der Waals surface area contributed by atoms with Crippen LogP contribution in [0, 0.1) is 0 Å². The molecule has 0 aliphatic heterocycles. The number of hydrogen-bond donors (Lipinski definition) is 1. The first-order valence-electron chi connectivity index (χ1n) is 7.06. The Kier molecular flexibility index (Phi) is 6.12. The monoisotopic (exact) mass is 352 g/mol. The zero-order valence-electron chi connectivity index (χ0n) is 12.4. The Hall–Kier alpha value is -1.92. The quantitative estimate of drug-likeness (QED) is 0.829. The van der Waals surface area contributed by atoms with Crippen LogP contribution < -0.4 is 5.32 Å². The molecule has 122 valence electrons. The van der Waals surface area contributed by atoms with Crippen molar-refractivity contribution in [3.63, 3.8) is 0 Å². The smallest absolute Gasteiger partial charge is 0.221 e. The standard InChI is InChI=1S/C16H17ClN2O3S/c17-15-6-2-1-5-14(15)12-23(21,22)9-7-16(20)19-11-13-4-3-8-18-10-13/h1-6,8,10H,7,9,11-12H2,(H,19,20). The van der Waals surface area contributed by atoms with Gasteiger partial charge in [0.15, 0.2) is 9.84 Å². The van der Waals surface area contributed by atoms with Gasteiger partial charge >= 0.3 is 0 Å². The summed E-state index contributed by atoms with van der Waals surface area (Å²) in [5.41, 5.74) is 1.41. The fourth-order valence-corrected chi connectivity index (χ4v) is 3.61. The molecule has 1 heterocycles. The van der Waals surface area contributed by atoms with Crippen molar-refractivity contribution < 1.29 is 13.2 Å². The van der Waals surface area contributed by atoms with Crippen LogP contribution in [0.4, 0.5) is 0 Å². The summed E-state index contributed by atoms with van der Waals surface area (Å²) in [6.07, 6.45) is 3.22. The molecule has 0 fully saturated rings. The number of nitrogens with one attached hydrogen (secondary N) is 1. The first kappa shape index (κ1) is 17.4. The highest BCUT2D eigenvalue weighted by Crippen LogP contribution is 2.18. The molecule has 1 aromatic carbocycles. The van der Waals surface area contributed by atoms with Crippen molar-refractivity contribution in [3.8, 4) is 0 Å². The minimum atomic E-state index is -3.39. The van der Waals surface area contributed by atoms with E-state index < -0.39 is 9.84 Å². The van der Waals surface area contributed by atoms with Crippen molar-refractivity contribution in [1.29, 1.82) is 0 Å². The van der Waals surface area contributed by atoms with E-state index in [-0.39, 0.29) is 23.8 Å². The van der Waals surface area contributed by atoms with E-state index >= 15 is 0 Å². The number of nitrogens with zero attached hydrogens (tertiary/aromatic N) is 1. The summed E-state index contributed by atoms with van der Waals surface area (Å²) in [4.78, 5) is 15.7. The number of carbonyl (C=O) groups is 1. The number of hydrogen-bond acceptors (Lipinski definition) is 4. The Balaban J connectivity index is 1.82. The first-order valence-corrected chi connectivity index (χ1v) is 9.26. The van der Waals surface area contributed by atoms with Crippen molar-refractivity contribution >= 4 is 27.3 Å². The predicted molar refractivity (Wildman–Crippen MR) is 89.6 cm³/mol. The average molecular weight is 353 g/mol. The number of aromatic nitrogens is 1. The van der Waals surface area contributed by atoms with E-state index in [1.807, 2.05) is 6.07 Å². The van der Waals surface area contributed by atoms with Gasteiger partial charge in [-0.1, -0.05) is 35.9 Å². The van der Waals surface area contributed by atoms with E-state index in [0.29, 0.717) is 17.1 Å². The second kappa shape index (κ2) is 8.08. The van der Waals surface area contributed by atoms with Crippen molar-refractivity contribution in [2.45, 2.75) is 18.7 Å². The maximum atomic E-state index is 12.1. The van der Waals surface area contributed by atoms with Crippen LogP contribution in [0.15, 0.2) is 48.8 Å². The average Bonchev–Trinajstić information content (AvgIpc) is 2.54. The van der Waals surface area contributed by atoms with Gasteiger partial charge in [0.05, 0.1) is 11.5 Å². The molecule has 7 heteroatoms. The van der Waals surface area contributed by atoms with Crippen LogP contribution in [-0.4, -0.2) is 25.1 Å². The third-order valence-corrected chi connectivity index (χ3v) is 5.13. The zero-order valence-corrected chi connectivity index (χ0v) is 14.0. The molecule has 0 bridgehead atoms. The van der Waals surface area contributed by atoms with Gasteiger partial charge in [-0.15, -0.1) is 0 Å². The molecule has 0 aliphatic carbocycles. The number of halogens is 1. The summed E-state index contributed by atoms with van der Waals surface area (Å²) >= 11 is 5.96. The van der Waals surface area contributed by atoms with Gasteiger partial charge in [0.1, 0.15) is 0 Å². The lowest BCUT2D eigenvalue weighted by Gasteiger charge is -2.07. The highest BCUT2D eigenvalue weighted by molar-refractivity contribution is 7.90. The summed E-state index contributed by atoms with van der Waals surface area (Å²) in [5, 5.41) is 3.09. The molecule has 0 radical (unpaired) electrons. The van der Waals surface area contributed by atoms with Gasteiger partial charge < -0.3 is 5.32 Å². The van der Waals surface area contributed by atoms with E-state index in [4.69, 9.17) is 11.6 Å². The highest BCUT2D eigenvalue weighted by atomic mass is 35.5. The molecule has 1 amide bonds. The van der Waals surface area contributed by atoms with Gasteiger partial charge in [0, 0.05) is 30.4 Å². The van der Waals surface area contributed by atoms with Crippen molar-refractivity contribution in [3.05, 3.63) is 64.9 Å². The van der Waals surface area contributed by atoms with Crippen LogP contribution in [0.2, 0.25) is 5.02 Å². The molecule has 23 heavy (non-hydrogen) atoms. The van der Waals surface area contributed by atoms with Crippen molar-refractivity contribution in [2.24, 2.45) is 0 Å². The van der Waals surface area contributed by atoms with Gasteiger partial charge in [0.25, 0.3) is 0 Å². The van der Waals surface area contributed by atoms with Crippen LogP contribution >= 0.6 is 11.6 Å². The highest BCUT2D eigenvalue weighted by Gasteiger charge is 2.16. The third kappa shape index (κ3) is 6.00. The lowest BCUT2D eigenvalue weighted by atomic mass is 10.2. The molecule has 0 saturated carbocycles. The van der Waals surface area contributed by atoms with Crippen molar-refractivity contribution in [1.82, 2.24) is 10.3 Å². The Labute approximate surface area is 140 Å². The molecule has 1 aromatic heterocycles. The Morgan fingerprint density at radius 3 is 2.65 bits per heavy atom. The molecular formula is C16H17ClN2O3S. The number of rotatable bonds is 7. The minimum absolute atomic E-state index is 0.0763. The molecule has 5 nitrogen and oxygen atoms in total. The molecular weight excluding hydrogens is 336 g/mol. The predicted octanol–water partition coefficient (Wildman–Crippen LogP) is 2.36. The van der Waals surface area contributed by atoms with Crippen molar-refractivity contribution in [2.75, 3.05) is 5.75 Å². The minimum Gasteiger partial charge on any atom is -0.352 e. The Morgan fingerprint density at radius 1 is 1.17 bits per heavy atom. The lowest BCUT2D eigenvalue weighted by molar-refractivity contribution is -0.120. The molecule has 2 rings (SSSR count). The number of amides is 1. The number of carbonyl (C=O) groups excluding carboxylic acids is 1. The van der Waals surface area contributed by atoms with Gasteiger partial charge in [-0.25, -0.2) is 8.42 Å². The van der Waals surface area contributed by atoms with E-state index in [0.717, 1.165) is 5.56 Å². The first-order chi connectivity index (χ1) is 11.0. The number of sulfone groups is 1. The second-order valence-electron chi connectivity index (χ2n) is 5.07. The molecule has 0 unspecified atom stereocenters. The van der Waals surface area contributed by atoms with Gasteiger partial charge in [-0.2, -0.15) is 0 Å². The van der Waals surface area contributed by atoms with Gasteiger partial charge in [-0.05, 0) is 23.3 Å². The fraction of sp³-hybridized carbons (Fsp3) is 0.250. The molecule has 1 N–H and O–H groups in total. The largest absolute Gasteiger partial charge is 0.352 e. The van der Waals surface area contributed by atoms with Gasteiger partial charge in [-0.3, -0.25) is 9.78 Å². The van der Waals surface area contributed by atoms with Crippen LogP contribution in [-0.2, 0) is 26.9 Å². The second-order valence-corrected chi connectivity index (χ2v) is 7.66. The summed E-state index contributed by atoms with van der Waals surface area (Å²) in [7, 11) is -3.39. The van der Waals surface area contributed by atoms with E-state index in [1.54, 1.807) is 42.7 Å². The zero-order chi connectivity index (χ0) is 16.7. The maximum absolute atomic E-state index is 12.1. The number of pyridine rings is 1. The topological polar surface area (TPSA) is 76.1 Å². The lowest BCUT2D eigenvalue weighted by Crippen LogP contribution is -2.25. The number of benzene rings is 1. The molecule has 0 spiro atoms. The molecule has 0 saturated heterocycles. The Morgan fingerprint density at radius 2 is 1.96 bits per heavy atom. The Bertz CT molecular complexity index is 764. The SMILES string of the molecule is O=C(CCS(=O)(=O)Cc1ccccc1Cl)NCc1cccnc1. The third-order valence-electron chi connectivity index (χ3n) is 3.19. The normalized spacial score (nSPS) is 11.2. The summed E-state index contributed by atoms with van der Waals surface area (Å²) in [5.74, 6) is -0.684. The molecule has 0 aliphatic rings. The summed E-state index contributed by atoms with van der Waals surface area (Å²) in [6, 6.07) is 10.4. The van der Waals surface area contributed by atoms with E-state index in [2.05, 4.69) is 10.3 Å². The molecule has 0 atom stereocenters. The van der Waals surface area contributed by atoms with Crippen LogP contribution in [0.5, 0.6) is 0 Å². The van der Waals surface area contributed by atoms with Gasteiger partial charge in [0.2, 0.25) is 5.91 Å².